The van der Waals surface area contributed by atoms with Crippen molar-refractivity contribution in [3.63, 3.8) is 0 Å². The summed E-state index contributed by atoms with van der Waals surface area (Å²) < 4.78 is 13.4. The predicted octanol–water partition coefficient (Wildman–Crippen LogP) is 3.00. The molecule has 0 fully saturated rings. The lowest BCUT2D eigenvalue weighted by Crippen LogP contribution is -2.10. The molecule has 1 N–H and O–H groups in total. The van der Waals surface area contributed by atoms with Crippen molar-refractivity contribution in [1.82, 2.24) is 0 Å². The third-order valence-electron chi connectivity index (χ3n) is 1.63. The van der Waals surface area contributed by atoms with Crippen molar-refractivity contribution in [2.24, 2.45) is 0 Å². The van der Waals surface area contributed by atoms with Gasteiger partial charge in [-0.25, -0.2) is 0 Å². The van der Waals surface area contributed by atoms with Crippen LogP contribution in [0.15, 0.2) is 6.07 Å². The fourth-order valence-electron chi connectivity index (χ4n) is 1.05. The normalized spacial score (nSPS) is 10.0. The van der Waals surface area contributed by atoms with E-state index >= 15 is 0 Å². The lowest BCUT2D eigenvalue weighted by Gasteiger charge is -2.07. The standard InChI is InChI=1S/C8H5Cl2FN2O3/c1-3(14)12-7-5(10)2-4(9)6(11)8(7)13(15)16/h2H,1H3,(H,12,14). The highest BCUT2D eigenvalue weighted by atomic mass is 35.5. The summed E-state index contributed by atoms with van der Waals surface area (Å²) in [4.78, 5) is 20.4. The number of hydrogen-bond donors (Lipinski definition) is 1. The lowest BCUT2D eigenvalue weighted by molar-refractivity contribution is -0.386. The maximum atomic E-state index is 13.4. The summed E-state index contributed by atoms with van der Waals surface area (Å²) in [6.45, 7) is 1.12. The molecule has 86 valence electrons. The fraction of sp³-hybridized carbons (Fsp3) is 0.125. The van der Waals surface area contributed by atoms with Crippen LogP contribution in [0.4, 0.5) is 15.8 Å². The topological polar surface area (TPSA) is 72.2 Å². The molecule has 8 heteroatoms. The highest BCUT2D eigenvalue weighted by Crippen LogP contribution is 2.38. The van der Waals surface area contributed by atoms with Gasteiger partial charge in [-0.2, -0.15) is 4.39 Å². The molecule has 0 saturated carbocycles. The van der Waals surface area contributed by atoms with E-state index in [4.69, 9.17) is 23.2 Å². The maximum Gasteiger partial charge on any atom is 0.331 e. The Kier molecular flexibility index (Phi) is 3.66. The lowest BCUT2D eigenvalue weighted by atomic mass is 10.2. The Hall–Kier alpha value is -1.40. The van der Waals surface area contributed by atoms with E-state index in [-0.39, 0.29) is 5.02 Å². The zero-order chi connectivity index (χ0) is 12.5. The van der Waals surface area contributed by atoms with Crippen molar-refractivity contribution >= 4 is 40.5 Å². The Balaban J connectivity index is 3.50. The van der Waals surface area contributed by atoms with E-state index in [1.54, 1.807) is 0 Å². The SMILES string of the molecule is CC(=O)Nc1c(Cl)cc(Cl)c(F)c1[N+](=O)[O-]. The Morgan fingerprint density at radius 3 is 2.50 bits per heavy atom. The number of nitrogens with zero attached hydrogens (tertiary/aromatic N) is 1. The van der Waals surface area contributed by atoms with Crippen molar-refractivity contribution in [1.29, 1.82) is 0 Å². The molecular formula is C8H5Cl2FN2O3. The molecule has 0 aliphatic heterocycles. The van der Waals surface area contributed by atoms with Crippen LogP contribution < -0.4 is 5.32 Å². The molecule has 0 heterocycles. The van der Waals surface area contributed by atoms with Gasteiger partial charge < -0.3 is 5.32 Å². The second-order valence-corrected chi connectivity index (χ2v) is 3.63. The number of rotatable bonds is 2. The molecule has 0 atom stereocenters. The number of hydrogen-bond acceptors (Lipinski definition) is 3. The quantitative estimate of drug-likeness (QED) is 0.508. The molecule has 1 aromatic carbocycles. The average molecular weight is 267 g/mol. The summed E-state index contributed by atoms with van der Waals surface area (Å²) in [6, 6.07) is 0.983. The van der Waals surface area contributed by atoms with Gasteiger partial charge in [0.2, 0.25) is 11.7 Å². The fourth-order valence-corrected chi connectivity index (χ4v) is 1.55. The number of benzene rings is 1. The number of nitrogens with one attached hydrogen (secondary N) is 1. The first-order valence-electron chi connectivity index (χ1n) is 3.94. The van der Waals surface area contributed by atoms with Crippen molar-refractivity contribution in [2.45, 2.75) is 6.92 Å². The van der Waals surface area contributed by atoms with Crippen LogP contribution >= 0.6 is 23.2 Å². The highest BCUT2D eigenvalue weighted by molar-refractivity contribution is 6.37. The van der Waals surface area contributed by atoms with E-state index in [0.29, 0.717) is 0 Å². The zero-order valence-corrected chi connectivity index (χ0v) is 9.40. The third-order valence-corrected chi connectivity index (χ3v) is 2.20. The van der Waals surface area contributed by atoms with Gasteiger partial charge in [-0.05, 0) is 6.07 Å². The zero-order valence-electron chi connectivity index (χ0n) is 7.88. The van der Waals surface area contributed by atoms with Crippen LogP contribution in [-0.4, -0.2) is 10.8 Å². The third kappa shape index (κ3) is 2.40. The van der Waals surface area contributed by atoms with Gasteiger partial charge >= 0.3 is 5.69 Å². The first-order chi connectivity index (χ1) is 7.34. The second kappa shape index (κ2) is 4.63. The molecule has 5 nitrogen and oxygen atoms in total. The molecule has 1 rings (SSSR count). The number of halogens is 3. The summed E-state index contributed by atoms with van der Waals surface area (Å²) in [5, 5.41) is 12.0. The Bertz CT molecular complexity index is 479. The van der Waals surface area contributed by atoms with Gasteiger partial charge in [0.1, 0.15) is 5.69 Å². The molecule has 0 radical (unpaired) electrons. The number of anilines is 1. The smallest absolute Gasteiger partial charge is 0.319 e. The Morgan fingerprint density at radius 2 is 2.06 bits per heavy atom. The molecule has 0 saturated heterocycles. The largest absolute Gasteiger partial charge is 0.331 e. The molecule has 0 aliphatic carbocycles. The van der Waals surface area contributed by atoms with Crippen LogP contribution in [0.5, 0.6) is 0 Å². The molecule has 0 unspecified atom stereocenters. The molecule has 0 aromatic heterocycles. The minimum atomic E-state index is -1.24. The number of amides is 1. The molecule has 16 heavy (non-hydrogen) atoms. The summed E-state index contributed by atoms with van der Waals surface area (Å²) in [5.74, 6) is -1.84. The van der Waals surface area contributed by atoms with Gasteiger partial charge in [0.25, 0.3) is 0 Å². The first kappa shape index (κ1) is 12.7. The van der Waals surface area contributed by atoms with E-state index in [9.17, 15) is 19.3 Å². The summed E-state index contributed by atoms with van der Waals surface area (Å²) in [6.07, 6.45) is 0. The van der Waals surface area contributed by atoms with E-state index in [0.717, 1.165) is 13.0 Å². The van der Waals surface area contributed by atoms with E-state index in [2.05, 4.69) is 5.32 Å². The molecule has 1 amide bonds. The maximum absolute atomic E-state index is 13.4. The average Bonchev–Trinajstić information content (AvgIpc) is 2.13. The summed E-state index contributed by atoms with van der Waals surface area (Å²) in [5.41, 5.74) is -1.35. The number of carbonyl (C=O) groups excluding carboxylic acids is 1. The summed E-state index contributed by atoms with van der Waals surface area (Å²) >= 11 is 11.0. The summed E-state index contributed by atoms with van der Waals surface area (Å²) in [7, 11) is 0. The van der Waals surface area contributed by atoms with Crippen molar-refractivity contribution < 1.29 is 14.1 Å². The van der Waals surface area contributed by atoms with Gasteiger partial charge in [0.05, 0.1) is 15.0 Å². The first-order valence-corrected chi connectivity index (χ1v) is 4.69. The number of nitro benzene ring substituents is 1. The van der Waals surface area contributed by atoms with Gasteiger partial charge in [-0.1, -0.05) is 23.2 Å². The predicted molar refractivity (Wildman–Crippen MR) is 57.4 cm³/mol. The van der Waals surface area contributed by atoms with Crippen LogP contribution in [0.1, 0.15) is 6.92 Å². The van der Waals surface area contributed by atoms with Crippen LogP contribution in [0.2, 0.25) is 10.0 Å². The van der Waals surface area contributed by atoms with Crippen LogP contribution in [0.25, 0.3) is 0 Å². The molecule has 0 bridgehead atoms. The van der Waals surface area contributed by atoms with Gasteiger partial charge in [-0.3, -0.25) is 14.9 Å². The van der Waals surface area contributed by atoms with Gasteiger partial charge in [-0.15, -0.1) is 0 Å². The van der Waals surface area contributed by atoms with Crippen LogP contribution in [0, 0.1) is 15.9 Å². The van der Waals surface area contributed by atoms with E-state index in [1.165, 1.54) is 0 Å². The highest BCUT2D eigenvalue weighted by Gasteiger charge is 2.26. The Labute approximate surface area is 99.3 Å². The number of carbonyl (C=O) groups is 1. The van der Waals surface area contributed by atoms with Gasteiger partial charge in [0.15, 0.2) is 0 Å². The van der Waals surface area contributed by atoms with Crippen molar-refractivity contribution in [3.8, 4) is 0 Å². The van der Waals surface area contributed by atoms with Crippen molar-refractivity contribution in [3.05, 3.63) is 32.0 Å². The number of nitro groups is 1. The molecular weight excluding hydrogens is 262 g/mol. The molecule has 1 aromatic rings. The minimum Gasteiger partial charge on any atom is -0.319 e. The van der Waals surface area contributed by atoms with Crippen molar-refractivity contribution in [2.75, 3.05) is 5.32 Å². The molecule has 0 spiro atoms. The van der Waals surface area contributed by atoms with E-state index in [1.807, 2.05) is 0 Å². The monoisotopic (exact) mass is 266 g/mol. The minimum absolute atomic E-state index is 0.201. The second-order valence-electron chi connectivity index (χ2n) is 2.82. The van der Waals surface area contributed by atoms with Crippen LogP contribution in [0.3, 0.4) is 0 Å². The molecule has 0 aliphatic rings. The van der Waals surface area contributed by atoms with Gasteiger partial charge in [0, 0.05) is 6.92 Å². The van der Waals surface area contributed by atoms with Crippen LogP contribution in [-0.2, 0) is 4.79 Å². The van der Waals surface area contributed by atoms with E-state index < -0.39 is 33.0 Å². The Morgan fingerprint density at radius 1 is 1.50 bits per heavy atom.